The second-order valence-electron chi connectivity index (χ2n) is 7.50. The largest absolute Gasteiger partial charge is 0.415 e. The molecule has 0 aliphatic heterocycles. The smallest absolute Gasteiger partial charge is 0.345 e. The summed E-state index contributed by atoms with van der Waals surface area (Å²) in [7, 11) is 10.4. The van der Waals surface area contributed by atoms with E-state index in [4.69, 9.17) is 0 Å². The van der Waals surface area contributed by atoms with E-state index >= 15 is 0 Å². The Balaban J connectivity index is 2.77. The Kier molecular flexibility index (Phi) is 4.56. The molecule has 3 rings (SSSR count). The lowest BCUT2D eigenvalue weighted by Crippen LogP contribution is -2.41. The molecule has 0 aliphatic rings. The Labute approximate surface area is 163 Å². The third-order valence-corrected chi connectivity index (χ3v) is 6.05. The molecule has 0 bridgehead atoms. The first-order valence-electron chi connectivity index (χ1n) is 8.78. The predicted octanol–water partition coefficient (Wildman–Crippen LogP) is -5.08. The molecular formula is C15H15B6F6N. The van der Waals surface area contributed by atoms with Crippen molar-refractivity contribution in [3.05, 3.63) is 11.1 Å². The van der Waals surface area contributed by atoms with E-state index in [1.54, 1.807) is 27.3 Å². The average molecular weight is 388 g/mol. The van der Waals surface area contributed by atoms with Crippen molar-refractivity contribution in [1.82, 2.24) is 4.57 Å². The van der Waals surface area contributed by atoms with E-state index in [1.807, 2.05) is 0 Å². The molecule has 1 nitrogen and oxygen atoms in total. The first kappa shape index (κ1) is 20.9. The lowest BCUT2D eigenvalue weighted by Gasteiger charge is -2.20. The van der Waals surface area contributed by atoms with Gasteiger partial charge >= 0.3 is 12.4 Å². The van der Waals surface area contributed by atoms with Crippen LogP contribution in [0.2, 0.25) is 0 Å². The summed E-state index contributed by atoms with van der Waals surface area (Å²) in [4.78, 5) is 0. The summed E-state index contributed by atoms with van der Waals surface area (Å²) >= 11 is 0. The highest BCUT2D eigenvalue weighted by atomic mass is 19.4. The van der Waals surface area contributed by atoms with Gasteiger partial charge in [-0.2, -0.15) is 26.3 Å². The van der Waals surface area contributed by atoms with Gasteiger partial charge in [0.25, 0.3) is 0 Å². The highest BCUT2D eigenvalue weighted by Gasteiger charge is 2.39. The number of hydrogen-bond acceptors (Lipinski definition) is 0. The van der Waals surface area contributed by atoms with Crippen LogP contribution < -0.4 is 32.8 Å². The number of aromatic nitrogens is 1. The molecule has 3 aromatic rings. The van der Waals surface area contributed by atoms with Crippen LogP contribution in [0.3, 0.4) is 0 Å². The monoisotopic (exact) mass is 389 g/mol. The minimum Gasteiger partial charge on any atom is -0.345 e. The summed E-state index contributed by atoms with van der Waals surface area (Å²) < 4.78 is 84.2. The molecule has 0 unspecified atom stereocenters. The van der Waals surface area contributed by atoms with Gasteiger partial charge in [-0.05, 0) is 0 Å². The molecule has 0 atom stereocenters. The zero-order chi connectivity index (χ0) is 21.5. The topological polar surface area (TPSA) is 4.93 Å². The van der Waals surface area contributed by atoms with Crippen molar-refractivity contribution in [2.24, 2.45) is 7.05 Å². The van der Waals surface area contributed by atoms with Crippen molar-refractivity contribution in [2.45, 2.75) is 12.4 Å². The normalized spacial score (nSPS) is 13.0. The maximum absolute atomic E-state index is 13.8. The van der Waals surface area contributed by atoms with Gasteiger partial charge < -0.3 is 4.57 Å². The molecule has 0 saturated heterocycles. The van der Waals surface area contributed by atoms with Crippen molar-refractivity contribution >= 4 is 102 Å². The average Bonchev–Trinajstić information content (AvgIpc) is 2.82. The van der Waals surface area contributed by atoms with E-state index < -0.39 is 23.5 Å². The van der Waals surface area contributed by atoms with Crippen molar-refractivity contribution in [3.8, 4) is 0 Å². The van der Waals surface area contributed by atoms with Crippen LogP contribution in [0.15, 0.2) is 0 Å². The zero-order valence-electron chi connectivity index (χ0n) is 16.7. The van der Waals surface area contributed by atoms with Crippen molar-refractivity contribution in [2.75, 3.05) is 0 Å². The summed E-state index contributed by atoms with van der Waals surface area (Å²) in [5.74, 6) is 0. The molecule has 0 radical (unpaired) electrons. The highest BCUT2D eigenvalue weighted by molar-refractivity contribution is 6.62. The Morgan fingerprint density at radius 1 is 0.536 bits per heavy atom. The van der Waals surface area contributed by atoms with Crippen molar-refractivity contribution in [1.29, 1.82) is 0 Å². The number of rotatable bonds is 0. The molecule has 1 aromatic heterocycles. The van der Waals surface area contributed by atoms with Crippen LogP contribution in [0.25, 0.3) is 21.8 Å². The van der Waals surface area contributed by atoms with Gasteiger partial charge in [0.15, 0.2) is 0 Å². The first-order valence-corrected chi connectivity index (χ1v) is 8.78. The molecule has 28 heavy (non-hydrogen) atoms. The minimum atomic E-state index is -4.59. The maximum atomic E-state index is 13.8. The number of aryl methyl sites for hydroxylation is 1. The molecule has 0 saturated carbocycles. The minimum absolute atomic E-state index is 0.0318. The number of nitrogens with zero attached hydrogens (tertiary/aromatic N) is 1. The fraction of sp³-hybridized carbons (Fsp3) is 0.200. The number of fused-ring (bicyclic) bond motifs is 3. The molecule has 13 heteroatoms. The lowest BCUT2D eigenvalue weighted by molar-refractivity contribution is -0.136. The fourth-order valence-electron chi connectivity index (χ4n) is 4.69. The van der Waals surface area contributed by atoms with Gasteiger partial charge in [0.2, 0.25) is 0 Å². The van der Waals surface area contributed by atoms with Crippen LogP contribution in [0, 0.1) is 0 Å². The first-order chi connectivity index (χ1) is 12.6. The number of benzene rings is 2. The molecule has 0 aliphatic carbocycles. The van der Waals surface area contributed by atoms with Gasteiger partial charge in [0, 0.05) is 40.0 Å². The molecule has 0 N–H and O–H groups in total. The standard InChI is InChI=1S/C15H15B6F6N/c1-28-12-2(6(16)4(14(22,23)24)8(18)10(12)20)3-7(17)5(15(25,26)27)9(19)11(21)13(3)28/h16-21H2,1H3. The van der Waals surface area contributed by atoms with Gasteiger partial charge in [-0.1, -0.05) is 32.8 Å². The van der Waals surface area contributed by atoms with Crippen molar-refractivity contribution in [3.63, 3.8) is 0 Å². The molecule has 0 spiro atoms. The summed E-state index contributed by atoms with van der Waals surface area (Å²) in [5.41, 5.74) is 0.552. The van der Waals surface area contributed by atoms with Gasteiger partial charge in [-0.3, -0.25) is 0 Å². The zero-order valence-corrected chi connectivity index (χ0v) is 16.7. The van der Waals surface area contributed by atoms with E-state index in [0.29, 0.717) is 22.0 Å². The van der Waals surface area contributed by atoms with E-state index in [-0.39, 0.29) is 32.6 Å². The van der Waals surface area contributed by atoms with Crippen LogP contribution >= 0.6 is 0 Å². The van der Waals surface area contributed by atoms with E-state index in [1.165, 1.54) is 31.4 Å². The summed E-state index contributed by atoms with van der Waals surface area (Å²) in [6.07, 6.45) is -9.18. The summed E-state index contributed by atoms with van der Waals surface area (Å²) in [6, 6.07) is 0. The molecular weight excluding hydrogens is 373 g/mol. The summed E-state index contributed by atoms with van der Waals surface area (Å²) in [6.45, 7) is 0. The van der Waals surface area contributed by atoms with Crippen LogP contribution in [0.1, 0.15) is 11.1 Å². The molecule has 1 heterocycles. The van der Waals surface area contributed by atoms with E-state index in [9.17, 15) is 26.3 Å². The third kappa shape index (κ3) is 2.65. The molecule has 0 fully saturated rings. The third-order valence-electron chi connectivity index (χ3n) is 6.05. The molecule has 2 aromatic carbocycles. The maximum Gasteiger partial charge on any atom is 0.415 e. The predicted molar refractivity (Wildman–Crippen MR) is 119 cm³/mol. The van der Waals surface area contributed by atoms with Crippen LogP contribution in [-0.2, 0) is 19.4 Å². The van der Waals surface area contributed by atoms with Gasteiger partial charge in [0.05, 0.1) is 0 Å². The Bertz CT molecular complexity index is 1070. The quantitative estimate of drug-likeness (QED) is 0.269. The Morgan fingerprint density at radius 2 is 0.821 bits per heavy atom. The fourth-order valence-corrected chi connectivity index (χ4v) is 4.69. The van der Waals surface area contributed by atoms with Crippen LogP contribution in [0.4, 0.5) is 26.3 Å². The number of alkyl halides is 6. The van der Waals surface area contributed by atoms with Crippen LogP contribution in [-0.4, -0.2) is 51.6 Å². The van der Waals surface area contributed by atoms with Crippen LogP contribution in [0.5, 0.6) is 0 Å². The lowest BCUT2D eigenvalue weighted by atomic mass is 9.68. The highest BCUT2D eigenvalue weighted by Crippen LogP contribution is 2.33. The number of hydrogen-bond donors (Lipinski definition) is 0. The van der Waals surface area contributed by atoms with Crippen molar-refractivity contribution < 1.29 is 26.3 Å². The number of halogens is 6. The molecule has 140 valence electrons. The van der Waals surface area contributed by atoms with Gasteiger partial charge in [-0.25, -0.2) is 0 Å². The SMILES string of the molecule is Bc1c(C(F)(F)F)c(B)c2c3c(B)c(C(F)(F)F)c(B)c(B)c3n(C)c2c1B. The van der Waals surface area contributed by atoms with Gasteiger partial charge in [0.1, 0.15) is 47.1 Å². The molecule has 0 amide bonds. The second-order valence-corrected chi connectivity index (χ2v) is 7.50. The Hall–Kier alpha value is -1.79. The van der Waals surface area contributed by atoms with Gasteiger partial charge in [-0.15, -0.1) is 0 Å². The van der Waals surface area contributed by atoms with E-state index in [2.05, 4.69) is 0 Å². The Morgan fingerprint density at radius 3 is 1.07 bits per heavy atom. The second kappa shape index (κ2) is 6.10. The van der Waals surface area contributed by atoms with E-state index in [0.717, 1.165) is 0 Å². The summed E-state index contributed by atoms with van der Waals surface area (Å²) in [5, 5.41) is 0.498.